The third-order valence-corrected chi connectivity index (χ3v) is 3.92. The number of β-amino-alcohol motifs (C(OH)–C–C–N with tert-alkyl or cyclic N) is 1. The quantitative estimate of drug-likeness (QED) is 0.891. The van der Waals surface area contributed by atoms with Crippen LogP contribution in [0.5, 0.6) is 0 Å². The molecule has 1 heterocycles. The lowest BCUT2D eigenvalue weighted by Crippen LogP contribution is -2.47. The molecule has 0 radical (unpaired) electrons. The Morgan fingerprint density at radius 3 is 2.50 bits per heavy atom. The van der Waals surface area contributed by atoms with E-state index in [4.69, 9.17) is 0 Å². The number of aliphatic hydroxyl groups is 2. The van der Waals surface area contributed by atoms with Gasteiger partial charge in [-0.1, -0.05) is 6.07 Å². The lowest BCUT2D eigenvalue weighted by atomic mass is 9.96. The summed E-state index contributed by atoms with van der Waals surface area (Å²) >= 11 is 0. The smallest absolute Gasteiger partial charge is 0.131 e. The van der Waals surface area contributed by atoms with Crippen LogP contribution in [0.25, 0.3) is 0 Å². The summed E-state index contributed by atoms with van der Waals surface area (Å²) in [4.78, 5) is 1.90. The van der Waals surface area contributed by atoms with Crippen molar-refractivity contribution < 1.29 is 19.0 Å². The SMILES string of the molecule is CC(C)(O)C1CCCN1CC(O)c1c(F)cccc1F. The topological polar surface area (TPSA) is 43.7 Å². The average Bonchev–Trinajstić information content (AvgIpc) is 2.76. The monoisotopic (exact) mass is 285 g/mol. The fraction of sp³-hybridized carbons (Fsp3) is 0.600. The van der Waals surface area contributed by atoms with Gasteiger partial charge in [0, 0.05) is 12.6 Å². The summed E-state index contributed by atoms with van der Waals surface area (Å²) in [6.45, 7) is 4.26. The van der Waals surface area contributed by atoms with E-state index in [1.807, 2.05) is 4.90 Å². The van der Waals surface area contributed by atoms with Crippen molar-refractivity contribution in [3.8, 4) is 0 Å². The number of aliphatic hydroxyl groups excluding tert-OH is 1. The molecule has 1 aliphatic heterocycles. The number of halogens is 2. The first-order chi connectivity index (χ1) is 9.30. The van der Waals surface area contributed by atoms with Gasteiger partial charge < -0.3 is 10.2 Å². The van der Waals surface area contributed by atoms with Crippen molar-refractivity contribution in [3.63, 3.8) is 0 Å². The molecule has 1 fully saturated rings. The fourth-order valence-corrected chi connectivity index (χ4v) is 2.99. The summed E-state index contributed by atoms with van der Waals surface area (Å²) in [7, 11) is 0. The first-order valence-electron chi connectivity index (χ1n) is 6.89. The van der Waals surface area contributed by atoms with Crippen LogP contribution in [-0.4, -0.2) is 39.8 Å². The Morgan fingerprint density at radius 2 is 1.95 bits per heavy atom. The maximum absolute atomic E-state index is 13.6. The lowest BCUT2D eigenvalue weighted by Gasteiger charge is -2.35. The Labute approximate surface area is 117 Å². The van der Waals surface area contributed by atoms with Gasteiger partial charge >= 0.3 is 0 Å². The van der Waals surface area contributed by atoms with Crippen LogP contribution in [0.2, 0.25) is 0 Å². The van der Waals surface area contributed by atoms with Gasteiger partial charge in [0.1, 0.15) is 11.6 Å². The Bertz CT molecular complexity index is 453. The van der Waals surface area contributed by atoms with Crippen LogP contribution in [0, 0.1) is 11.6 Å². The first-order valence-corrected chi connectivity index (χ1v) is 6.89. The van der Waals surface area contributed by atoms with Crippen LogP contribution in [0.3, 0.4) is 0 Å². The molecule has 0 aliphatic carbocycles. The van der Waals surface area contributed by atoms with Crippen molar-refractivity contribution in [2.24, 2.45) is 0 Å². The second-order valence-electron chi connectivity index (χ2n) is 5.96. The van der Waals surface area contributed by atoms with Crippen LogP contribution < -0.4 is 0 Å². The van der Waals surface area contributed by atoms with Crippen molar-refractivity contribution in [3.05, 3.63) is 35.4 Å². The number of benzene rings is 1. The molecule has 2 unspecified atom stereocenters. The normalized spacial score (nSPS) is 22.2. The molecule has 1 aliphatic rings. The largest absolute Gasteiger partial charge is 0.389 e. The molecule has 0 saturated carbocycles. The van der Waals surface area contributed by atoms with E-state index in [-0.39, 0.29) is 18.2 Å². The summed E-state index contributed by atoms with van der Waals surface area (Å²) < 4.78 is 27.3. The minimum atomic E-state index is -1.24. The highest BCUT2D eigenvalue weighted by Gasteiger charge is 2.37. The number of hydrogen-bond donors (Lipinski definition) is 2. The molecule has 112 valence electrons. The van der Waals surface area contributed by atoms with E-state index in [9.17, 15) is 19.0 Å². The zero-order chi connectivity index (χ0) is 14.9. The fourth-order valence-electron chi connectivity index (χ4n) is 2.99. The van der Waals surface area contributed by atoms with E-state index in [1.165, 1.54) is 6.07 Å². The Morgan fingerprint density at radius 1 is 1.35 bits per heavy atom. The van der Waals surface area contributed by atoms with Gasteiger partial charge in [0.05, 0.1) is 17.3 Å². The number of hydrogen-bond acceptors (Lipinski definition) is 3. The Balaban J connectivity index is 2.13. The maximum atomic E-state index is 13.6. The van der Waals surface area contributed by atoms with Gasteiger partial charge in [-0.25, -0.2) is 8.78 Å². The molecule has 0 amide bonds. The molecule has 2 N–H and O–H groups in total. The molecular weight excluding hydrogens is 264 g/mol. The first kappa shape index (κ1) is 15.4. The highest BCUT2D eigenvalue weighted by molar-refractivity contribution is 5.22. The summed E-state index contributed by atoms with van der Waals surface area (Å²) in [5.41, 5.74) is -1.20. The van der Waals surface area contributed by atoms with Crippen molar-refractivity contribution in [1.82, 2.24) is 4.90 Å². The summed E-state index contributed by atoms with van der Waals surface area (Å²) in [5, 5.41) is 20.2. The van der Waals surface area contributed by atoms with Gasteiger partial charge in [-0.15, -0.1) is 0 Å². The lowest BCUT2D eigenvalue weighted by molar-refractivity contribution is -0.0167. The summed E-state index contributed by atoms with van der Waals surface area (Å²) in [5.74, 6) is -1.48. The van der Waals surface area contributed by atoms with Crippen molar-refractivity contribution in [2.45, 2.75) is 44.4 Å². The van der Waals surface area contributed by atoms with Gasteiger partial charge in [0.2, 0.25) is 0 Å². The zero-order valence-electron chi connectivity index (χ0n) is 11.8. The predicted molar refractivity (Wildman–Crippen MR) is 72.2 cm³/mol. The number of rotatable bonds is 4. The molecular formula is C15H21F2NO2. The third-order valence-electron chi connectivity index (χ3n) is 3.92. The molecule has 1 aromatic rings. The minimum Gasteiger partial charge on any atom is -0.389 e. The molecule has 20 heavy (non-hydrogen) atoms. The molecule has 2 rings (SSSR count). The van der Waals surface area contributed by atoms with E-state index in [0.29, 0.717) is 6.54 Å². The third kappa shape index (κ3) is 3.16. The summed E-state index contributed by atoms with van der Waals surface area (Å²) in [6.07, 6.45) is 0.482. The standard InChI is InChI=1S/C15H21F2NO2/c1-15(2,20)13-7-4-8-18(13)9-12(19)14-10(16)5-3-6-11(14)17/h3,5-6,12-13,19-20H,4,7-9H2,1-2H3. The van der Waals surface area contributed by atoms with Gasteiger partial charge in [-0.3, -0.25) is 4.90 Å². The second kappa shape index (κ2) is 5.76. The van der Waals surface area contributed by atoms with Gasteiger partial charge in [0.15, 0.2) is 0 Å². The van der Waals surface area contributed by atoms with Crippen molar-refractivity contribution in [1.29, 1.82) is 0 Å². The number of nitrogens with zero attached hydrogens (tertiary/aromatic N) is 1. The van der Waals surface area contributed by atoms with E-state index < -0.39 is 23.3 Å². The van der Waals surface area contributed by atoms with Crippen molar-refractivity contribution in [2.75, 3.05) is 13.1 Å². The van der Waals surface area contributed by atoms with Crippen LogP contribution in [0.4, 0.5) is 8.78 Å². The van der Waals surface area contributed by atoms with E-state index in [2.05, 4.69) is 0 Å². The average molecular weight is 285 g/mol. The predicted octanol–water partition coefficient (Wildman–Crippen LogP) is 2.23. The molecule has 0 bridgehead atoms. The maximum Gasteiger partial charge on any atom is 0.131 e. The second-order valence-corrected chi connectivity index (χ2v) is 5.96. The van der Waals surface area contributed by atoms with Gasteiger partial charge in [-0.05, 0) is 45.4 Å². The van der Waals surface area contributed by atoms with Crippen LogP contribution in [0.1, 0.15) is 38.4 Å². The molecule has 0 aromatic heterocycles. The highest BCUT2D eigenvalue weighted by atomic mass is 19.1. The van der Waals surface area contributed by atoms with Crippen LogP contribution >= 0.6 is 0 Å². The van der Waals surface area contributed by atoms with E-state index in [0.717, 1.165) is 25.0 Å². The van der Waals surface area contributed by atoms with Crippen molar-refractivity contribution >= 4 is 0 Å². The van der Waals surface area contributed by atoms with Gasteiger partial charge in [-0.2, -0.15) is 0 Å². The molecule has 2 atom stereocenters. The molecule has 3 nitrogen and oxygen atoms in total. The molecule has 1 saturated heterocycles. The highest BCUT2D eigenvalue weighted by Crippen LogP contribution is 2.30. The Kier molecular flexibility index (Phi) is 4.42. The van der Waals surface area contributed by atoms with E-state index >= 15 is 0 Å². The molecule has 5 heteroatoms. The van der Waals surface area contributed by atoms with Crippen LogP contribution in [-0.2, 0) is 0 Å². The van der Waals surface area contributed by atoms with Crippen LogP contribution in [0.15, 0.2) is 18.2 Å². The zero-order valence-corrected chi connectivity index (χ0v) is 11.8. The number of likely N-dealkylation sites (tertiary alicyclic amines) is 1. The minimum absolute atomic E-state index is 0.105. The van der Waals surface area contributed by atoms with E-state index in [1.54, 1.807) is 13.8 Å². The molecule has 1 aromatic carbocycles. The van der Waals surface area contributed by atoms with Gasteiger partial charge in [0.25, 0.3) is 0 Å². The Hall–Kier alpha value is -1.04. The summed E-state index contributed by atoms with van der Waals surface area (Å²) in [6, 6.07) is 3.45. The molecule has 0 spiro atoms.